The number of aromatic hydroxyl groups is 1. The van der Waals surface area contributed by atoms with Gasteiger partial charge in [0.2, 0.25) is 0 Å². The number of phenolic OH excluding ortho intramolecular Hbond substituents is 1. The van der Waals surface area contributed by atoms with E-state index >= 15 is 0 Å². The number of carboxylic acid groups (broad SMARTS) is 2. The molecule has 0 amide bonds. The van der Waals surface area contributed by atoms with Crippen molar-refractivity contribution < 1.29 is 29.7 Å². The van der Waals surface area contributed by atoms with Crippen LogP contribution in [-0.4, -0.2) is 60.2 Å². The molecular weight excluding hydrogens is 448 g/mol. The number of benzene rings is 3. The molecular formula is C27H30N2O6. The van der Waals surface area contributed by atoms with Crippen LogP contribution in [0.1, 0.15) is 50.5 Å². The minimum atomic E-state index is -1.17. The second kappa shape index (κ2) is 12.2. The highest BCUT2D eigenvalue weighted by molar-refractivity contribution is 6.15. The number of hydrogen-bond acceptors (Lipinski definition) is 6. The molecule has 0 aliphatic heterocycles. The molecule has 3 N–H and O–H groups in total. The maximum atomic E-state index is 12.6. The predicted molar refractivity (Wildman–Crippen MR) is 136 cm³/mol. The molecule has 35 heavy (non-hydrogen) atoms. The topological polar surface area (TPSA) is 118 Å². The maximum Gasteiger partial charge on any atom is 0.336 e. The Morgan fingerprint density at radius 1 is 0.714 bits per heavy atom. The van der Waals surface area contributed by atoms with Crippen molar-refractivity contribution in [2.75, 3.05) is 37.0 Å². The fourth-order valence-corrected chi connectivity index (χ4v) is 3.41. The monoisotopic (exact) mass is 478 g/mol. The van der Waals surface area contributed by atoms with Crippen LogP contribution in [0.15, 0.2) is 66.7 Å². The van der Waals surface area contributed by atoms with E-state index in [-0.39, 0.29) is 22.4 Å². The van der Waals surface area contributed by atoms with E-state index in [4.69, 9.17) is 5.11 Å². The van der Waals surface area contributed by atoms with Gasteiger partial charge in [-0.3, -0.25) is 4.79 Å². The van der Waals surface area contributed by atoms with E-state index in [9.17, 15) is 24.6 Å². The van der Waals surface area contributed by atoms with Crippen LogP contribution in [0, 0.1) is 0 Å². The third-order valence-electron chi connectivity index (χ3n) is 5.39. The molecule has 184 valence electrons. The number of rotatable bonds is 8. The summed E-state index contributed by atoms with van der Waals surface area (Å²) in [6.07, 6.45) is 0. The zero-order chi connectivity index (χ0) is 26.1. The molecule has 0 saturated carbocycles. The Morgan fingerprint density at radius 3 is 1.71 bits per heavy atom. The standard InChI is InChI=1S/C18H19NO4.C9H11NO2/c1-3-19(4-2)12-9-10-15(16(20)11-12)17(21)13-7-5-6-8-14(13)18(22)23;1-10(2)8-5-3-7(4-6-8)9(11)12/h5-11,20H,3-4H2,1-2H3,(H,22,23);3-6H,1-2H3,(H,11,12). The average molecular weight is 479 g/mol. The highest BCUT2D eigenvalue weighted by Crippen LogP contribution is 2.27. The molecule has 0 saturated heterocycles. The third-order valence-corrected chi connectivity index (χ3v) is 5.39. The molecule has 0 fully saturated rings. The highest BCUT2D eigenvalue weighted by atomic mass is 16.4. The predicted octanol–water partition coefficient (Wildman–Crippen LogP) is 4.62. The fraction of sp³-hybridized carbons (Fsp3) is 0.222. The van der Waals surface area contributed by atoms with Crippen LogP contribution < -0.4 is 9.80 Å². The summed E-state index contributed by atoms with van der Waals surface area (Å²) in [5.74, 6) is -2.72. The highest BCUT2D eigenvalue weighted by Gasteiger charge is 2.20. The van der Waals surface area contributed by atoms with Gasteiger partial charge in [-0.25, -0.2) is 9.59 Å². The summed E-state index contributed by atoms with van der Waals surface area (Å²) in [5.41, 5.74) is 2.21. The van der Waals surface area contributed by atoms with Crippen molar-refractivity contribution in [3.63, 3.8) is 0 Å². The molecule has 8 nitrogen and oxygen atoms in total. The largest absolute Gasteiger partial charge is 0.507 e. The molecule has 3 rings (SSSR count). The number of carboxylic acids is 2. The first-order chi connectivity index (χ1) is 16.6. The van der Waals surface area contributed by atoms with E-state index in [0.29, 0.717) is 5.56 Å². The molecule has 0 aliphatic rings. The Kier molecular flexibility index (Phi) is 9.40. The third kappa shape index (κ3) is 6.83. The summed E-state index contributed by atoms with van der Waals surface area (Å²) in [4.78, 5) is 38.2. The molecule has 0 atom stereocenters. The van der Waals surface area contributed by atoms with E-state index in [1.807, 2.05) is 37.7 Å². The lowest BCUT2D eigenvalue weighted by Gasteiger charge is -2.21. The summed E-state index contributed by atoms with van der Waals surface area (Å²) < 4.78 is 0. The number of hydrogen-bond donors (Lipinski definition) is 3. The molecule has 0 heterocycles. The van der Waals surface area contributed by atoms with Crippen LogP contribution in [0.4, 0.5) is 11.4 Å². The first kappa shape index (κ1) is 26.9. The van der Waals surface area contributed by atoms with Crippen molar-refractivity contribution in [3.05, 3.63) is 89.0 Å². The van der Waals surface area contributed by atoms with Crippen molar-refractivity contribution in [1.29, 1.82) is 0 Å². The lowest BCUT2D eigenvalue weighted by molar-refractivity contribution is 0.0684. The van der Waals surface area contributed by atoms with Gasteiger partial charge in [-0.05, 0) is 56.3 Å². The van der Waals surface area contributed by atoms with Gasteiger partial charge in [0.1, 0.15) is 5.75 Å². The van der Waals surface area contributed by atoms with Crippen LogP contribution in [0.2, 0.25) is 0 Å². The van der Waals surface area contributed by atoms with E-state index in [2.05, 4.69) is 0 Å². The summed E-state index contributed by atoms with van der Waals surface area (Å²) in [6, 6.07) is 17.5. The lowest BCUT2D eigenvalue weighted by Crippen LogP contribution is -2.21. The van der Waals surface area contributed by atoms with Crippen LogP contribution in [0.25, 0.3) is 0 Å². The Labute approximate surface area is 204 Å². The fourth-order valence-electron chi connectivity index (χ4n) is 3.41. The van der Waals surface area contributed by atoms with Crippen LogP contribution in [0.3, 0.4) is 0 Å². The first-order valence-electron chi connectivity index (χ1n) is 11.1. The number of nitrogens with zero attached hydrogens (tertiary/aromatic N) is 2. The van der Waals surface area contributed by atoms with E-state index in [1.54, 1.807) is 42.5 Å². The Morgan fingerprint density at radius 2 is 1.26 bits per heavy atom. The molecule has 0 spiro atoms. The second-order valence-corrected chi connectivity index (χ2v) is 7.80. The Hall–Kier alpha value is -4.33. The molecule has 0 unspecified atom stereocenters. The molecule has 0 aliphatic carbocycles. The van der Waals surface area contributed by atoms with E-state index in [1.165, 1.54) is 24.3 Å². The zero-order valence-electron chi connectivity index (χ0n) is 20.2. The Balaban J connectivity index is 0.000000303. The van der Waals surface area contributed by atoms with Gasteiger partial charge in [0.05, 0.1) is 16.7 Å². The maximum absolute atomic E-state index is 12.6. The zero-order valence-corrected chi connectivity index (χ0v) is 20.2. The molecule has 0 radical (unpaired) electrons. The van der Waals surface area contributed by atoms with Gasteiger partial charge in [-0.1, -0.05) is 18.2 Å². The quantitative estimate of drug-likeness (QED) is 0.402. The summed E-state index contributed by atoms with van der Waals surface area (Å²) in [5, 5.41) is 28.0. The number of ketones is 1. The van der Waals surface area contributed by atoms with Gasteiger partial charge < -0.3 is 25.1 Å². The van der Waals surface area contributed by atoms with E-state index in [0.717, 1.165) is 24.5 Å². The van der Waals surface area contributed by atoms with Crippen molar-refractivity contribution in [2.24, 2.45) is 0 Å². The first-order valence-corrected chi connectivity index (χ1v) is 11.1. The van der Waals surface area contributed by atoms with Crippen LogP contribution in [0.5, 0.6) is 5.75 Å². The number of carbonyl (C=O) groups excluding carboxylic acids is 1. The number of aromatic carboxylic acids is 2. The SMILES string of the molecule is CCN(CC)c1ccc(C(=O)c2ccccc2C(=O)O)c(O)c1.CN(C)c1ccc(C(=O)O)cc1. The summed E-state index contributed by atoms with van der Waals surface area (Å²) >= 11 is 0. The Bertz CT molecular complexity index is 1180. The summed E-state index contributed by atoms with van der Waals surface area (Å²) in [6.45, 7) is 5.57. The minimum Gasteiger partial charge on any atom is -0.507 e. The lowest BCUT2D eigenvalue weighted by atomic mass is 9.97. The van der Waals surface area contributed by atoms with E-state index < -0.39 is 17.7 Å². The van der Waals surface area contributed by atoms with Crippen LogP contribution >= 0.6 is 0 Å². The number of phenols is 1. The molecule has 0 aromatic heterocycles. The van der Waals surface area contributed by atoms with Gasteiger partial charge in [0.25, 0.3) is 0 Å². The van der Waals surface area contributed by atoms with Gasteiger partial charge in [0.15, 0.2) is 5.78 Å². The normalized spacial score (nSPS) is 10.1. The van der Waals surface area contributed by atoms with Gasteiger partial charge in [-0.2, -0.15) is 0 Å². The van der Waals surface area contributed by atoms with Gasteiger partial charge in [-0.15, -0.1) is 0 Å². The number of anilines is 2. The molecule has 3 aromatic carbocycles. The van der Waals surface area contributed by atoms with Crippen molar-refractivity contribution >= 4 is 29.1 Å². The number of carbonyl (C=O) groups is 3. The summed E-state index contributed by atoms with van der Waals surface area (Å²) in [7, 11) is 3.82. The molecule has 0 bridgehead atoms. The van der Waals surface area contributed by atoms with Crippen molar-refractivity contribution in [2.45, 2.75) is 13.8 Å². The second-order valence-electron chi connectivity index (χ2n) is 7.80. The smallest absolute Gasteiger partial charge is 0.336 e. The molecule has 3 aromatic rings. The average Bonchev–Trinajstić information content (AvgIpc) is 2.85. The van der Waals surface area contributed by atoms with Gasteiger partial charge in [0, 0.05) is 50.2 Å². The van der Waals surface area contributed by atoms with Gasteiger partial charge >= 0.3 is 11.9 Å². The van der Waals surface area contributed by atoms with Crippen molar-refractivity contribution in [1.82, 2.24) is 0 Å². The van der Waals surface area contributed by atoms with Crippen LogP contribution in [-0.2, 0) is 0 Å². The molecule has 8 heteroatoms. The van der Waals surface area contributed by atoms with Crippen molar-refractivity contribution in [3.8, 4) is 5.75 Å². The minimum absolute atomic E-state index is 0.0610.